The van der Waals surface area contributed by atoms with Crippen LogP contribution in [-0.4, -0.2) is 28.6 Å². The summed E-state index contributed by atoms with van der Waals surface area (Å²) in [5.41, 5.74) is 1.00. The smallest absolute Gasteiger partial charge is 0.271 e. The van der Waals surface area contributed by atoms with Crippen LogP contribution in [0.15, 0.2) is 53.0 Å². The van der Waals surface area contributed by atoms with Crippen LogP contribution in [0.3, 0.4) is 0 Å². The van der Waals surface area contributed by atoms with Gasteiger partial charge in [-0.25, -0.2) is 9.48 Å². The molecule has 25 heavy (non-hydrogen) atoms. The summed E-state index contributed by atoms with van der Waals surface area (Å²) in [6.45, 7) is 1.41. The van der Waals surface area contributed by atoms with Gasteiger partial charge in [0.1, 0.15) is 5.69 Å². The Morgan fingerprint density at radius 1 is 1.00 bits per heavy atom. The molecule has 0 aromatic heterocycles. The lowest BCUT2D eigenvalue weighted by molar-refractivity contribution is -0.658. The fraction of sp³-hybridized carbons (Fsp3) is 0.350. The van der Waals surface area contributed by atoms with Gasteiger partial charge in [0.15, 0.2) is 6.54 Å². The van der Waals surface area contributed by atoms with Gasteiger partial charge in [-0.1, -0.05) is 39.7 Å². The number of amidine groups is 1. The van der Waals surface area contributed by atoms with Crippen LogP contribution >= 0.6 is 27.5 Å². The molecule has 2 heterocycles. The molecule has 2 aromatic rings. The van der Waals surface area contributed by atoms with E-state index in [9.17, 15) is 5.11 Å². The average molecular weight is 421 g/mol. The van der Waals surface area contributed by atoms with Crippen molar-refractivity contribution in [1.29, 1.82) is 0 Å². The highest BCUT2D eigenvalue weighted by Gasteiger charge is 2.51. The zero-order chi connectivity index (χ0) is 17.4. The first kappa shape index (κ1) is 17.1. The Bertz CT molecular complexity index is 803. The first-order chi connectivity index (χ1) is 12.1. The maximum Gasteiger partial charge on any atom is 0.271 e. The summed E-state index contributed by atoms with van der Waals surface area (Å²) in [5.74, 6) is 1.22. The second kappa shape index (κ2) is 6.75. The maximum absolute atomic E-state index is 11.7. The number of aliphatic hydroxyl groups is 1. The highest BCUT2D eigenvalue weighted by atomic mass is 79.9. The van der Waals surface area contributed by atoms with E-state index in [1.165, 1.54) is 12.3 Å². The maximum atomic E-state index is 11.7. The molecule has 0 bridgehead atoms. The lowest BCUT2D eigenvalue weighted by atomic mass is 10.0. The molecule has 3 nitrogen and oxygen atoms in total. The number of hydrogen-bond acceptors (Lipinski definition) is 2. The molecule has 130 valence electrons. The minimum atomic E-state index is -1.02. The highest BCUT2D eigenvalue weighted by molar-refractivity contribution is 9.10. The summed E-state index contributed by atoms with van der Waals surface area (Å²) < 4.78 is 3.26. The van der Waals surface area contributed by atoms with E-state index < -0.39 is 5.72 Å². The van der Waals surface area contributed by atoms with Crippen LogP contribution in [0.25, 0.3) is 0 Å². The molecule has 0 aliphatic carbocycles. The van der Waals surface area contributed by atoms with E-state index in [1.807, 2.05) is 24.3 Å². The van der Waals surface area contributed by atoms with Crippen molar-refractivity contribution < 1.29 is 9.68 Å². The topological polar surface area (TPSA) is 26.5 Å². The molecule has 2 aromatic carbocycles. The number of hydrogen-bond donors (Lipinski definition) is 1. The Hall–Kier alpha value is -1.36. The van der Waals surface area contributed by atoms with E-state index in [0.29, 0.717) is 11.6 Å². The van der Waals surface area contributed by atoms with Gasteiger partial charge >= 0.3 is 0 Å². The van der Waals surface area contributed by atoms with E-state index in [-0.39, 0.29) is 0 Å². The van der Waals surface area contributed by atoms with E-state index in [1.54, 1.807) is 0 Å². The molecule has 0 fully saturated rings. The minimum Gasteiger partial charge on any atom is -0.346 e. The zero-order valence-corrected chi connectivity index (χ0v) is 16.3. The summed E-state index contributed by atoms with van der Waals surface area (Å²) in [6, 6.07) is 15.9. The standard InChI is InChI=1S/C20H21BrClN2O/c21-16-7-11-18(12-8-16)23-14-20(25,15-5-9-17(22)10-6-15)24-13-3-1-2-4-19(23)24/h5-12,25H,1-4,13-14H2/q+1/t20-/m1/s1. The molecule has 1 atom stereocenters. The van der Waals surface area contributed by atoms with Crippen molar-refractivity contribution in [2.45, 2.75) is 31.4 Å². The number of halogens is 2. The largest absolute Gasteiger partial charge is 0.346 e. The predicted molar refractivity (Wildman–Crippen MR) is 105 cm³/mol. The molecule has 0 unspecified atom stereocenters. The number of β-amino-alcohol motifs (C(OH)–C–C–N with tert-alkyl or cyclic N) is 1. The van der Waals surface area contributed by atoms with Crippen LogP contribution in [0, 0.1) is 0 Å². The van der Waals surface area contributed by atoms with Gasteiger partial charge in [-0.05, 0) is 55.7 Å². The van der Waals surface area contributed by atoms with Crippen molar-refractivity contribution in [2.24, 2.45) is 0 Å². The third kappa shape index (κ3) is 3.12. The van der Waals surface area contributed by atoms with Gasteiger partial charge in [-0.3, -0.25) is 0 Å². The van der Waals surface area contributed by atoms with Gasteiger partial charge in [0.05, 0.1) is 6.54 Å². The fourth-order valence-electron chi connectivity index (χ4n) is 3.90. The van der Waals surface area contributed by atoms with Gasteiger partial charge in [0, 0.05) is 21.5 Å². The summed E-state index contributed by atoms with van der Waals surface area (Å²) in [5, 5.41) is 12.4. The van der Waals surface area contributed by atoms with Gasteiger partial charge in [0.2, 0.25) is 0 Å². The van der Waals surface area contributed by atoms with Gasteiger partial charge in [0.25, 0.3) is 11.6 Å². The molecule has 1 N–H and O–H groups in total. The van der Waals surface area contributed by atoms with Gasteiger partial charge in [-0.15, -0.1) is 0 Å². The van der Waals surface area contributed by atoms with Gasteiger partial charge in [-0.2, -0.15) is 0 Å². The van der Waals surface area contributed by atoms with Crippen molar-refractivity contribution >= 4 is 39.1 Å². The Kier molecular flexibility index (Phi) is 4.61. The number of anilines is 1. The van der Waals surface area contributed by atoms with Crippen molar-refractivity contribution in [2.75, 3.05) is 18.0 Å². The molecule has 0 saturated carbocycles. The Morgan fingerprint density at radius 3 is 2.44 bits per heavy atom. The lowest BCUT2D eigenvalue weighted by Crippen LogP contribution is -2.41. The molecule has 0 spiro atoms. The van der Waals surface area contributed by atoms with Crippen LogP contribution in [-0.2, 0) is 5.72 Å². The Morgan fingerprint density at radius 2 is 1.72 bits per heavy atom. The Labute approximate surface area is 161 Å². The summed E-state index contributed by atoms with van der Waals surface area (Å²) in [6.07, 6.45) is 4.46. The molecule has 2 aliphatic rings. The zero-order valence-electron chi connectivity index (χ0n) is 14.0. The fourth-order valence-corrected chi connectivity index (χ4v) is 4.29. The van der Waals surface area contributed by atoms with E-state index in [0.717, 1.165) is 41.5 Å². The molecular weight excluding hydrogens is 400 g/mol. The molecule has 4 rings (SSSR count). The predicted octanol–water partition coefficient (Wildman–Crippen LogP) is 4.75. The number of benzene rings is 2. The SMILES string of the molecule is O[C@@]1(c2ccc(Cl)cc2)CN(c2ccc(Br)cc2)C2=[N+]1CCCCC2. The van der Waals surface area contributed by atoms with E-state index in [2.05, 4.69) is 49.7 Å². The summed E-state index contributed by atoms with van der Waals surface area (Å²) in [4.78, 5) is 2.27. The van der Waals surface area contributed by atoms with Crippen LogP contribution in [0.5, 0.6) is 0 Å². The van der Waals surface area contributed by atoms with E-state index >= 15 is 0 Å². The van der Waals surface area contributed by atoms with Crippen molar-refractivity contribution in [3.05, 3.63) is 63.6 Å². The first-order valence-electron chi connectivity index (χ1n) is 8.73. The van der Waals surface area contributed by atoms with Gasteiger partial charge < -0.3 is 5.11 Å². The lowest BCUT2D eigenvalue weighted by Gasteiger charge is -2.23. The van der Waals surface area contributed by atoms with Crippen LogP contribution < -0.4 is 4.90 Å². The molecular formula is C20H21BrClN2O+. The summed E-state index contributed by atoms with van der Waals surface area (Å²) >= 11 is 9.56. The second-order valence-electron chi connectivity index (χ2n) is 6.76. The van der Waals surface area contributed by atoms with Crippen molar-refractivity contribution in [1.82, 2.24) is 0 Å². The molecule has 0 saturated heterocycles. The molecule has 0 amide bonds. The minimum absolute atomic E-state index is 0.533. The normalized spacial score (nSPS) is 23.6. The molecule has 0 radical (unpaired) electrons. The monoisotopic (exact) mass is 419 g/mol. The molecule has 5 heteroatoms. The number of rotatable bonds is 2. The van der Waals surface area contributed by atoms with Crippen molar-refractivity contribution in [3.8, 4) is 0 Å². The Balaban J connectivity index is 1.79. The second-order valence-corrected chi connectivity index (χ2v) is 8.12. The van der Waals surface area contributed by atoms with Crippen LogP contribution in [0.2, 0.25) is 5.02 Å². The number of nitrogens with zero attached hydrogens (tertiary/aromatic N) is 2. The highest BCUT2D eigenvalue weighted by Crippen LogP contribution is 2.36. The quantitative estimate of drug-likeness (QED) is 0.710. The molecule has 2 aliphatic heterocycles. The van der Waals surface area contributed by atoms with Crippen molar-refractivity contribution in [3.63, 3.8) is 0 Å². The third-order valence-electron chi connectivity index (χ3n) is 5.18. The average Bonchev–Trinajstić information content (AvgIpc) is 2.78. The summed E-state index contributed by atoms with van der Waals surface area (Å²) in [7, 11) is 0. The van der Waals surface area contributed by atoms with E-state index in [4.69, 9.17) is 11.6 Å². The van der Waals surface area contributed by atoms with Crippen LogP contribution in [0.1, 0.15) is 31.2 Å². The first-order valence-corrected chi connectivity index (χ1v) is 9.90. The third-order valence-corrected chi connectivity index (χ3v) is 5.96. The van der Waals surface area contributed by atoms with Crippen LogP contribution in [0.4, 0.5) is 5.69 Å².